The largest absolute Gasteiger partial charge is 0.393 e. The highest BCUT2D eigenvalue weighted by Crippen LogP contribution is 2.68. The Hall–Kier alpha value is -0.340. The van der Waals surface area contributed by atoms with Crippen LogP contribution in [0.3, 0.4) is 0 Å². The number of aliphatic hydroxyl groups excluding tert-OH is 1. The zero-order chi connectivity index (χ0) is 21.0. The molecule has 0 saturated heterocycles. The zero-order valence-corrected chi connectivity index (χ0v) is 19.7. The lowest BCUT2D eigenvalue weighted by Gasteiger charge is -2.61. The molecule has 29 heavy (non-hydrogen) atoms. The van der Waals surface area contributed by atoms with Gasteiger partial charge < -0.3 is 10.2 Å². The second-order valence-electron chi connectivity index (χ2n) is 12.6. The first-order chi connectivity index (χ1) is 13.5. The monoisotopic (exact) mass is 402 g/mol. The van der Waals surface area contributed by atoms with Gasteiger partial charge in [-0.2, -0.15) is 0 Å². The van der Waals surface area contributed by atoms with Crippen molar-refractivity contribution < 1.29 is 10.2 Å². The maximum atomic E-state index is 10.2. The van der Waals surface area contributed by atoms with Gasteiger partial charge in [0.2, 0.25) is 0 Å². The molecule has 166 valence electrons. The average Bonchev–Trinajstić information content (AvgIpc) is 2.98. The summed E-state index contributed by atoms with van der Waals surface area (Å²) in [6.07, 6.45) is 16.0. The SMILES string of the molecule is C/C(=C\CCC(C)(C)O)[C@H]1CC[C@H]2[C@@H]3CCC4C[C@@H](O)CC[C@]4(C)[C@H]3CC[C@]12C. The van der Waals surface area contributed by atoms with Crippen LogP contribution in [0.15, 0.2) is 11.6 Å². The van der Waals surface area contributed by atoms with Crippen molar-refractivity contribution in [2.45, 2.75) is 117 Å². The topological polar surface area (TPSA) is 40.5 Å². The van der Waals surface area contributed by atoms with Gasteiger partial charge in [0, 0.05) is 0 Å². The van der Waals surface area contributed by atoms with E-state index in [1.165, 1.54) is 44.9 Å². The van der Waals surface area contributed by atoms with Crippen molar-refractivity contribution in [1.29, 1.82) is 0 Å². The molecule has 4 rings (SSSR count). The standard InChI is InChI=1S/C27H46O2/c1-18(7-6-14-25(2,3)29)22-10-11-23-21-9-8-19-17-20(28)12-15-26(19,4)24(21)13-16-27(22,23)5/h7,19-24,28-29H,6,8-17H2,1-5H3/b18-7+/t19?,20-,21-,22+,23-,24-,26-,27+/m0/s1. The molecular weight excluding hydrogens is 356 g/mol. The summed E-state index contributed by atoms with van der Waals surface area (Å²) in [5.41, 5.74) is 2.00. The van der Waals surface area contributed by atoms with Crippen LogP contribution < -0.4 is 0 Å². The van der Waals surface area contributed by atoms with Crippen LogP contribution in [0.2, 0.25) is 0 Å². The number of rotatable bonds is 4. The van der Waals surface area contributed by atoms with E-state index in [2.05, 4.69) is 26.8 Å². The molecule has 4 fully saturated rings. The quantitative estimate of drug-likeness (QED) is 0.527. The van der Waals surface area contributed by atoms with Gasteiger partial charge in [0.05, 0.1) is 11.7 Å². The highest BCUT2D eigenvalue weighted by atomic mass is 16.3. The minimum atomic E-state index is -0.557. The van der Waals surface area contributed by atoms with Gasteiger partial charge in [0.25, 0.3) is 0 Å². The Morgan fingerprint density at radius 2 is 1.66 bits per heavy atom. The smallest absolute Gasteiger partial charge is 0.0594 e. The van der Waals surface area contributed by atoms with Gasteiger partial charge in [-0.25, -0.2) is 0 Å². The van der Waals surface area contributed by atoms with Crippen molar-refractivity contribution in [3.8, 4) is 0 Å². The van der Waals surface area contributed by atoms with Crippen LogP contribution in [0.4, 0.5) is 0 Å². The first-order valence-corrected chi connectivity index (χ1v) is 12.6. The zero-order valence-electron chi connectivity index (χ0n) is 19.7. The molecule has 0 bridgehead atoms. The van der Waals surface area contributed by atoms with Crippen molar-refractivity contribution in [2.24, 2.45) is 40.4 Å². The third kappa shape index (κ3) is 3.86. The van der Waals surface area contributed by atoms with E-state index in [9.17, 15) is 10.2 Å². The van der Waals surface area contributed by atoms with E-state index in [1.54, 1.807) is 5.57 Å². The van der Waals surface area contributed by atoms with Gasteiger partial charge in [-0.1, -0.05) is 25.5 Å². The number of hydrogen-bond acceptors (Lipinski definition) is 2. The summed E-state index contributed by atoms with van der Waals surface area (Å²) in [5.74, 6) is 4.21. The van der Waals surface area contributed by atoms with Crippen molar-refractivity contribution in [3.05, 3.63) is 11.6 Å². The van der Waals surface area contributed by atoms with E-state index >= 15 is 0 Å². The molecule has 0 aromatic carbocycles. The summed E-state index contributed by atoms with van der Waals surface area (Å²) >= 11 is 0. The summed E-state index contributed by atoms with van der Waals surface area (Å²) in [7, 11) is 0. The fourth-order valence-electron chi connectivity index (χ4n) is 8.78. The highest BCUT2D eigenvalue weighted by molar-refractivity contribution is 5.17. The Morgan fingerprint density at radius 3 is 2.38 bits per heavy atom. The lowest BCUT2D eigenvalue weighted by Crippen LogP contribution is -2.54. The van der Waals surface area contributed by atoms with Gasteiger partial charge in [0.1, 0.15) is 0 Å². The summed E-state index contributed by atoms with van der Waals surface area (Å²) in [5, 5.41) is 20.3. The number of aliphatic hydroxyl groups is 2. The fraction of sp³-hybridized carbons (Fsp3) is 0.926. The third-order valence-electron chi connectivity index (χ3n) is 10.4. The van der Waals surface area contributed by atoms with Gasteiger partial charge in [-0.3, -0.25) is 0 Å². The molecule has 0 amide bonds. The van der Waals surface area contributed by atoms with E-state index in [1.807, 2.05) is 13.8 Å². The second-order valence-corrected chi connectivity index (χ2v) is 12.6. The Labute approximate surface area is 179 Å². The lowest BCUT2D eigenvalue weighted by atomic mass is 9.44. The number of fused-ring (bicyclic) bond motifs is 5. The first-order valence-electron chi connectivity index (χ1n) is 12.6. The van der Waals surface area contributed by atoms with Gasteiger partial charge in [-0.05, 0) is 132 Å². The molecule has 0 aromatic rings. The van der Waals surface area contributed by atoms with Crippen LogP contribution >= 0.6 is 0 Å². The van der Waals surface area contributed by atoms with E-state index in [-0.39, 0.29) is 6.10 Å². The van der Waals surface area contributed by atoms with Crippen LogP contribution in [-0.2, 0) is 0 Å². The van der Waals surface area contributed by atoms with Crippen molar-refractivity contribution in [3.63, 3.8) is 0 Å². The molecular formula is C27H46O2. The second kappa shape index (κ2) is 7.66. The minimum Gasteiger partial charge on any atom is -0.393 e. The predicted octanol–water partition coefficient (Wildman–Crippen LogP) is 6.50. The molecule has 0 aromatic heterocycles. The molecule has 1 unspecified atom stereocenters. The molecule has 0 heterocycles. The maximum Gasteiger partial charge on any atom is 0.0594 e. The molecule has 4 aliphatic rings. The highest BCUT2D eigenvalue weighted by Gasteiger charge is 2.60. The maximum absolute atomic E-state index is 10.2. The average molecular weight is 403 g/mol. The fourth-order valence-corrected chi connectivity index (χ4v) is 8.78. The normalized spacial score (nSPS) is 48.0. The first kappa shape index (κ1) is 21.9. The lowest BCUT2D eigenvalue weighted by molar-refractivity contribution is -0.124. The third-order valence-corrected chi connectivity index (χ3v) is 10.4. The Kier molecular flexibility index (Phi) is 5.78. The molecule has 2 N–H and O–H groups in total. The molecule has 2 nitrogen and oxygen atoms in total. The van der Waals surface area contributed by atoms with Gasteiger partial charge in [-0.15, -0.1) is 0 Å². The van der Waals surface area contributed by atoms with Crippen molar-refractivity contribution >= 4 is 0 Å². The molecule has 2 heteroatoms. The summed E-state index contributed by atoms with van der Waals surface area (Å²) in [4.78, 5) is 0. The number of allylic oxidation sites excluding steroid dienone is 2. The molecule has 4 saturated carbocycles. The van der Waals surface area contributed by atoms with E-state index in [4.69, 9.17) is 0 Å². The summed E-state index contributed by atoms with van der Waals surface area (Å²) in [6.45, 7) is 11.4. The number of hydrogen-bond donors (Lipinski definition) is 2. The van der Waals surface area contributed by atoms with Crippen molar-refractivity contribution in [1.82, 2.24) is 0 Å². The van der Waals surface area contributed by atoms with E-state index in [0.29, 0.717) is 10.8 Å². The predicted molar refractivity (Wildman–Crippen MR) is 121 cm³/mol. The van der Waals surface area contributed by atoms with Crippen LogP contribution in [0.5, 0.6) is 0 Å². The minimum absolute atomic E-state index is 0.0361. The van der Waals surface area contributed by atoms with Crippen molar-refractivity contribution in [2.75, 3.05) is 0 Å². The Bertz CT molecular complexity index is 631. The molecule has 8 atom stereocenters. The van der Waals surface area contributed by atoms with Crippen LogP contribution in [-0.4, -0.2) is 21.9 Å². The molecule has 0 radical (unpaired) electrons. The molecule has 0 spiro atoms. The van der Waals surface area contributed by atoms with Gasteiger partial charge >= 0.3 is 0 Å². The summed E-state index contributed by atoms with van der Waals surface area (Å²) < 4.78 is 0. The van der Waals surface area contributed by atoms with Crippen LogP contribution in [0, 0.1) is 40.4 Å². The molecule has 0 aliphatic heterocycles. The van der Waals surface area contributed by atoms with E-state index < -0.39 is 5.60 Å². The van der Waals surface area contributed by atoms with E-state index in [0.717, 1.165) is 55.3 Å². The Morgan fingerprint density at radius 1 is 0.966 bits per heavy atom. The summed E-state index contributed by atoms with van der Waals surface area (Å²) in [6, 6.07) is 0. The van der Waals surface area contributed by atoms with Gasteiger partial charge in [0.15, 0.2) is 0 Å². The van der Waals surface area contributed by atoms with Crippen LogP contribution in [0.25, 0.3) is 0 Å². The molecule has 4 aliphatic carbocycles. The Balaban J connectivity index is 1.49. The van der Waals surface area contributed by atoms with Crippen LogP contribution in [0.1, 0.15) is 105 Å².